The molecule has 3 rings (SSSR count). The predicted octanol–water partition coefficient (Wildman–Crippen LogP) is 2.87. The maximum absolute atomic E-state index is 13.9. The number of aromatic nitrogens is 2. The summed E-state index contributed by atoms with van der Waals surface area (Å²) in [6.45, 7) is 1.35. The minimum Gasteiger partial charge on any atom is -0.340 e. The number of benzene rings is 1. The van der Waals surface area contributed by atoms with E-state index in [-0.39, 0.29) is 23.5 Å². The second-order valence-corrected chi connectivity index (χ2v) is 6.71. The predicted molar refractivity (Wildman–Crippen MR) is 85.0 cm³/mol. The molecule has 1 aromatic heterocycles. The first-order chi connectivity index (χ1) is 11.1. The second kappa shape index (κ2) is 7.12. The molecule has 0 radical (unpaired) electrons. The number of hydrogen-bond acceptors (Lipinski definition) is 3. The zero-order chi connectivity index (χ0) is 16.2. The maximum Gasteiger partial charge on any atom is 0.244 e. The average molecular weight is 337 g/mol. The van der Waals surface area contributed by atoms with Crippen molar-refractivity contribution in [2.75, 3.05) is 18.8 Å². The first-order valence-corrected chi connectivity index (χ1v) is 8.50. The van der Waals surface area contributed by atoms with Crippen LogP contribution in [0.1, 0.15) is 17.2 Å². The van der Waals surface area contributed by atoms with Crippen molar-refractivity contribution in [3.8, 4) is 0 Å². The molecule has 0 saturated carbocycles. The fraction of sp³-hybridized carbons (Fsp3) is 0.375. The summed E-state index contributed by atoms with van der Waals surface area (Å²) in [5.41, 5.74) is 0.386. The summed E-state index contributed by atoms with van der Waals surface area (Å²) in [6.07, 6.45) is 3.99. The quantitative estimate of drug-likeness (QED) is 0.864. The van der Waals surface area contributed by atoms with E-state index in [0.717, 1.165) is 12.1 Å². The molecule has 0 unspecified atom stereocenters. The summed E-state index contributed by atoms with van der Waals surface area (Å²) in [5.74, 6) is -0.126. The lowest BCUT2D eigenvalue weighted by molar-refractivity contribution is -0.131. The highest BCUT2D eigenvalue weighted by Gasteiger charge is 2.24. The summed E-state index contributed by atoms with van der Waals surface area (Å²) in [5, 5.41) is 3.90. The molecule has 0 N–H and O–H groups in total. The highest BCUT2D eigenvalue weighted by atomic mass is 32.2. The van der Waals surface area contributed by atoms with Crippen LogP contribution in [-0.2, 0) is 11.3 Å². The van der Waals surface area contributed by atoms with Crippen LogP contribution in [0.5, 0.6) is 0 Å². The Kier molecular flexibility index (Phi) is 4.95. The van der Waals surface area contributed by atoms with E-state index in [4.69, 9.17) is 0 Å². The monoisotopic (exact) mass is 337 g/mol. The number of carbonyl (C=O) groups excluding carboxylic acids is 1. The SMILES string of the molecule is O=C(Cn1cccn1)N1CCS[C@@H](c2cc(F)ccc2F)CC1. The van der Waals surface area contributed by atoms with Gasteiger partial charge in [0.15, 0.2) is 0 Å². The van der Waals surface area contributed by atoms with Gasteiger partial charge < -0.3 is 4.90 Å². The van der Waals surface area contributed by atoms with Crippen LogP contribution in [0.25, 0.3) is 0 Å². The van der Waals surface area contributed by atoms with E-state index in [9.17, 15) is 13.6 Å². The lowest BCUT2D eigenvalue weighted by atomic mass is 10.1. The average Bonchev–Trinajstić information content (AvgIpc) is 2.91. The second-order valence-electron chi connectivity index (χ2n) is 5.40. The van der Waals surface area contributed by atoms with Crippen molar-refractivity contribution < 1.29 is 13.6 Å². The number of amides is 1. The molecule has 1 aliphatic rings. The van der Waals surface area contributed by atoms with Crippen LogP contribution in [-0.4, -0.2) is 39.4 Å². The van der Waals surface area contributed by atoms with Crippen molar-refractivity contribution in [1.82, 2.24) is 14.7 Å². The van der Waals surface area contributed by atoms with E-state index >= 15 is 0 Å². The molecule has 1 amide bonds. The zero-order valence-corrected chi connectivity index (χ0v) is 13.3. The molecule has 0 aliphatic carbocycles. The lowest BCUT2D eigenvalue weighted by Gasteiger charge is -2.20. The number of thioether (sulfide) groups is 1. The van der Waals surface area contributed by atoms with Gasteiger partial charge in [-0.05, 0) is 30.7 Å². The number of halogens is 2. The van der Waals surface area contributed by atoms with Gasteiger partial charge in [-0.3, -0.25) is 9.48 Å². The largest absolute Gasteiger partial charge is 0.340 e. The Morgan fingerprint density at radius 1 is 1.35 bits per heavy atom. The van der Waals surface area contributed by atoms with Crippen LogP contribution in [0.3, 0.4) is 0 Å². The maximum atomic E-state index is 13.9. The van der Waals surface area contributed by atoms with Crippen molar-refractivity contribution in [3.05, 3.63) is 53.9 Å². The minimum absolute atomic E-state index is 0.00494. The third kappa shape index (κ3) is 3.90. The molecule has 7 heteroatoms. The third-order valence-electron chi connectivity index (χ3n) is 3.86. The Bertz CT molecular complexity index is 678. The standard InChI is InChI=1S/C16H17F2N3OS/c17-12-2-3-14(18)13(10-12)15-4-7-20(8-9-23-15)16(22)11-21-6-1-5-19-21/h1-3,5-6,10,15H,4,7-9,11H2/t15-/m1/s1. The smallest absolute Gasteiger partial charge is 0.244 e. The van der Waals surface area contributed by atoms with E-state index in [0.29, 0.717) is 30.8 Å². The number of hydrogen-bond donors (Lipinski definition) is 0. The van der Waals surface area contributed by atoms with Gasteiger partial charge in [-0.1, -0.05) is 0 Å². The van der Waals surface area contributed by atoms with Crippen LogP contribution in [0.2, 0.25) is 0 Å². The van der Waals surface area contributed by atoms with Gasteiger partial charge in [0.05, 0.1) is 0 Å². The number of rotatable bonds is 3. The molecule has 1 aromatic carbocycles. The van der Waals surface area contributed by atoms with Crippen LogP contribution in [0, 0.1) is 11.6 Å². The summed E-state index contributed by atoms with van der Waals surface area (Å²) < 4.78 is 28.9. The molecule has 4 nitrogen and oxygen atoms in total. The molecule has 0 bridgehead atoms. The topological polar surface area (TPSA) is 38.1 Å². The minimum atomic E-state index is -0.433. The fourth-order valence-corrected chi connectivity index (χ4v) is 3.90. The van der Waals surface area contributed by atoms with Crippen LogP contribution >= 0.6 is 11.8 Å². The Labute approximate surface area is 137 Å². The van der Waals surface area contributed by atoms with E-state index in [2.05, 4.69) is 5.10 Å². The molecule has 1 atom stereocenters. The van der Waals surface area contributed by atoms with Gasteiger partial charge in [-0.2, -0.15) is 16.9 Å². The van der Waals surface area contributed by atoms with Crippen molar-refractivity contribution in [2.45, 2.75) is 18.2 Å². The van der Waals surface area contributed by atoms with Crippen molar-refractivity contribution >= 4 is 17.7 Å². The highest BCUT2D eigenvalue weighted by molar-refractivity contribution is 7.99. The summed E-state index contributed by atoms with van der Waals surface area (Å²) in [4.78, 5) is 14.1. The van der Waals surface area contributed by atoms with E-state index < -0.39 is 5.82 Å². The van der Waals surface area contributed by atoms with Gasteiger partial charge in [0, 0.05) is 42.0 Å². The molecule has 2 aromatic rings. The molecule has 2 heterocycles. The number of carbonyl (C=O) groups is 1. The van der Waals surface area contributed by atoms with Crippen molar-refractivity contribution in [2.24, 2.45) is 0 Å². The first-order valence-electron chi connectivity index (χ1n) is 7.45. The Morgan fingerprint density at radius 3 is 3.00 bits per heavy atom. The normalized spacial score (nSPS) is 18.7. The van der Waals surface area contributed by atoms with Crippen LogP contribution in [0.4, 0.5) is 8.78 Å². The molecule has 1 aliphatic heterocycles. The first kappa shape index (κ1) is 16.0. The lowest BCUT2D eigenvalue weighted by Crippen LogP contribution is -2.35. The van der Waals surface area contributed by atoms with Gasteiger partial charge >= 0.3 is 0 Å². The molecular weight excluding hydrogens is 320 g/mol. The zero-order valence-electron chi connectivity index (χ0n) is 12.5. The third-order valence-corrected chi connectivity index (χ3v) is 5.17. The molecule has 23 heavy (non-hydrogen) atoms. The Hall–Kier alpha value is -1.89. The highest BCUT2D eigenvalue weighted by Crippen LogP contribution is 2.36. The van der Waals surface area contributed by atoms with Gasteiger partial charge in [0.1, 0.15) is 18.2 Å². The summed E-state index contributed by atoms with van der Waals surface area (Å²) in [7, 11) is 0. The van der Waals surface area contributed by atoms with Gasteiger partial charge in [-0.15, -0.1) is 0 Å². The van der Waals surface area contributed by atoms with Crippen molar-refractivity contribution in [3.63, 3.8) is 0 Å². The Morgan fingerprint density at radius 2 is 2.22 bits per heavy atom. The van der Waals surface area contributed by atoms with E-state index in [1.807, 2.05) is 0 Å². The molecule has 1 fully saturated rings. The van der Waals surface area contributed by atoms with Gasteiger partial charge in [0.25, 0.3) is 0 Å². The Balaban J connectivity index is 1.65. The van der Waals surface area contributed by atoms with Crippen LogP contribution in [0.15, 0.2) is 36.7 Å². The molecule has 0 spiro atoms. The van der Waals surface area contributed by atoms with Gasteiger partial charge in [0.2, 0.25) is 5.91 Å². The molecular formula is C16H17F2N3OS. The summed E-state index contributed by atoms with van der Waals surface area (Å²) in [6, 6.07) is 5.32. The van der Waals surface area contributed by atoms with Crippen molar-refractivity contribution in [1.29, 1.82) is 0 Å². The van der Waals surface area contributed by atoms with Crippen LogP contribution < -0.4 is 0 Å². The molecule has 1 saturated heterocycles. The van der Waals surface area contributed by atoms with E-state index in [1.54, 1.807) is 39.8 Å². The number of nitrogens with zero attached hydrogens (tertiary/aromatic N) is 3. The summed E-state index contributed by atoms with van der Waals surface area (Å²) >= 11 is 1.57. The van der Waals surface area contributed by atoms with E-state index in [1.165, 1.54) is 6.07 Å². The fourth-order valence-electron chi connectivity index (χ4n) is 2.66. The van der Waals surface area contributed by atoms with Gasteiger partial charge in [-0.25, -0.2) is 8.78 Å². The molecule has 122 valence electrons.